The lowest BCUT2D eigenvalue weighted by molar-refractivity contribution is -0.144. The van der Waals surface area contributed by atoms with E-state index in [0.717, 1.165) is 12.3 Å². The average Bonchev–Trinajstić information content (AvgIpc) is 2.13. The van der Waals surface area contributed by atoms with Gasteiger partial charge in [-0.1, -0.05) is 13.8 Å². The van der Waals surface area contributed by atoms with Crippen molar-refractivity contribution < 1.29 is 9.90 Å². The molecule has 1 aliphatic heterocycles. The smallest absolute Gasteiger partial charge is 0.320 e. The van der Waals surface area contributed by atoms with E-state index in [4.69, 9.17) is 5.11 Å². The molecule has 0 spiro atoms. The summed E-state index contributed by atoms with van der Waals surface area (Å²) in [6.07, 6.45) is 0.692. The first kappa shape index (κ1) is 11.9. The molecule has 1 N–H and O–H groups in total. The maximum absolute atomic E-state index is 11.0. The van der Waals surface area contributed by atoms with Crippen molar-refractivity contribution in [1.82, 2.24) is 4.90 Å². The number of nitrogens with zero attached hydrogens (tertiary/aromatic N) is 1. The van der Waals surface area contributed by atoms with Crippen molar-refractivity contribution >= 4 is 17.7 Å². The third-order valence-corrected chi connectivity index (χ3v) is 4.34. The van der Waals surface area contributed by atoms with Crippen molar-refractivity contribution in [2.24, 2.45) is 0 Å². The summed E-state index contributed by atoms with van der Waals surface area (Å²) in [6.45, 7) is 7.15. The number of carboxylic acids is 1. The van der Waals surface area contributed by atoms with Crippen LogP contribution in [0.3, 0.4) is 0 Å². The molecule has 0 aromatic carbocycles. The van der Waals surface area contributed by atoms with E-state index in [1.165, 1.54) is 0 Å². The molecule has 0 aromatic heterocycles. The van der Waals surface area contributed by atoms with Gasteiger partial charge in [-0.15, -0.1) is 0 Å². The quantitative estimate of drug-likeness (QED) is 0.781. The van der Waals surface area contributed by atoms with E-state index in [-0.39, 0.29) is 6.04 Å². The zero-order valence-electron chi connectivity index (χ0n) is 9.06. The van der Waals surface area contributed by atoms with Gasteiger partial charge in [0.25, 0.3) is 0 Å². The molecular weight excluding hydrogens is 198 g/mol. The molecule has 0 amide bonds. The van der Waals surface area contributed by atoms with Crippen LogP contribution in [0.4, 0.5) is 0 Å². The highest BCUT2D eigenvalue weighted by Crippen LogP contribution is 2.26. The Bertz CT molecular complexity index is 210. The predicted molar refractivity (Wildman–Crippen MR) is 59.8 cm³/mol. The second-order valence-electron chi connectivity index (χ2n) is 3.82. The minimum atomic E-state index is -0.682. The molecule has 1 rings (SSSR count). The molecule has 1 fully saturated rings. The van der Waals surface area contributed by atoms with Crippen LogP contribution < -0.4 is 0 Å². The SMILES string of the molecule is CCC(C(=O)O)N1CCSC(C)C1C. The van der Waals surface area contributed by atoms with E-state index < -0.39 is 5.97 Å². The number of carbonyl (C=O) groups is 1. The van der Waals surface area contributed by atoms with Gasteiger partial charge in [-0.25, -0.2) is 0 Å². The van der Waals surface area contributed by atoms with Crippen LogP contribution in [0.2, 0.25) is 0 Å². The molecule has 4 heteroatoms. The molecule has 1 saturated heterocycles. The lowest BCUT2D eigenvalue weighted by Gasteiger charge is -2.40. The Morgan fingerprint density at radius 3 is 2.79 bits per heavy atom. The van der Waals surface area contributed by atoms with Gasteiger partial charge in [-0.05, 0) is 13.3 Å². The summed E-state index contributed by atoms with van der Waals surface area (Å²) < 4.78 is 0. The van der Waals surface area contributed by atoms with Gasteiger partial charge >= 0.3 is 5.97 Å². The number of thioether (sulfide) groups is 1. The molecule has 1 aliphatic rings. The van der Waals surface area contributed by atoms with Gasteiger partial charge in [0.1, 0.15) is 6.04 Å². The summed E-state index contributed by atoms with van der Waals surface area (Å²) in [7, 11) is 0. The van der Waals surface area contributed by atoms with Crippen LogP contribution in [0.15, 0.2) is 0 Å². The molecule has 3 atom stereocenters. The lowest BCUT2D eigenvalue weighted by atomic mass is 10.1. The van der Waals surface area contributed by atoms with Crippen molar-refractivity contribution in [2.75, 3.05) is 12.3 Å². The standard InChI is InChI=1S/C10H19NO2S/c1-4-9(10(12)13)11-5-6-14-8(3)7(11)2/h7-9H,4-6H2,1-3H3,(H,12,13). The van der Waals surface area contributed by atoms with Crippen LogP contribution in [-0.4, -0.2) is 45.6 Å². The third kappa shape index (κ3) is 2.42. The lowest BCUT2D eigenvalue weighted by Crippen LogP contribution is -2.52. The highest BCUT2D eigenvalue weighted by Gasteiger charge is 2.33. The van der Waals surface area contributed by atoms with Crippen molar-refractivity contribution in [2.45, 2.75) is 44.5 Å². The van der Waals surface area contributed by atoms with Crippen LogP contribution in [0.5, 0.6) is 0 Å². The Hall–Kier alpha value is -0.220. The van der Waals surface area contributed by atoms with Crippen molar-refractivity contribution in [3.63, 3.8) is 0 Å². The largest absolute Gasteiger partial charge is 0.480 e. The highest BCUT2D eigenvalue weighted by atomic mass is 32.2. The molecule has 1 heterocycles. The van der Waals surface area contributed by atoms with Gasteiger partial charge in [-0.3, -0.25) is 9.69 Å². The third-order valence-electron chi connectivity index (χ3n) is 3.00. The summed E-state index contributed by atoms with van der Waals surface area (Å²) in [5.74, 6) is 0.369. The highest BCUT2D eigenvalue weighted by molar-refractivity contribution is 8.00. The zero-order valence-corrected chi connectivity index (χ0v) is 9.88. The topological polar surface area (TPSA) is 40.5 Å². The van der Waals surface area contributed by atoms with Crippen molar-refractivity contribution in [1.29, 1.82) is 0 Å². The Morgan fingerprint density at radius 1 is 1.64 bits per heavy atom. The average molecular weight is 217 g/mol. The van der Waals surface area contributed by atoms with E-state index in [2.05, 4.69) is 18.7 Å². The second-order valence-corrected chi connectivity index (χ2v) is 5.30. The first-order valence-electron chi connectivity index (χ1n) is 5.18. The fourth-order valence-electron chi connectivity index (χ4n) is 1.95. The predicted octanol–water partition coefficient (Wildman–Crippen LogP) is 1.68. The molecule has 0 aromatic rings. The molecule has 0 aliphatic carbocycles. The number of hydrogen-bond acceptors (Lipinski definition) is 3. The van der Waals surface area contributed by atoms with Crippen LogP contribution in [0, 0.1) is 0 Å². The first-order valence-corrected chi connectivity index (χ1v) is 6.23. The van der Waals surface area contributed by atoms with Gasteiger partial charge in [0, 0.05) is 23.6 Å². The minimum absolute atomic E-state index is 0.298. The summed E-state index contributed by atoms with van der Waals surface area (Å²) in [4.78, 5) is 13.2. The second kappa shape index (κ2) is 5.03. The molecule has 3 unspecified atom stereocenters. The number of hydrogen-bond donors (Lipinski definition) is 1. The monoisotopic (exact) mass is 217 g/mol. The zero-order chi connectivity index (χ0) is 10.7. The van der Waals surface area contributed by atoms with Crippen LogP contribution in [0.1, 0.15) is 27.2 Å². The van der Waals surface area contributed by atoms with Crippen LogP contribution in [-0.2, 0) is 4.79 Å². The Balaban J connectivity index is 2.68. The molecule has 14 heavy (non-hydrogen) atoms. The number of rotatable bonds is 3. The van der Waals surface area contributed by atoms with Gasteiger partial charge in [0.15, 0.2) is 0 Å². The van der Waals surface area contributed by atoms with Crippen molar-refractivity contribution in [3.05, 3.63) is 0 Å². The normalized spacial score (nSPS) is 31.4. The molecular formula is C10H19NO2S. The molecule has 0 saturated carbocycles. The van der Waals surface area contributed by atoms with Crippen LogP contribution in [0.25, 0.3) is 0 Å². The van der Waals surface area contributed by atoms with Gasteiger partial charge < -0.3 is 5.11 Å². The maximum atomic E-state index is 11.0. The van der Waals surface area contributed by atoms with E-state index in [1.54, 1.807) is 0 Å². The molecule has 0 radical (unpaired) electrons. The van der Waals surface area contributed by atoms with Gasteiger partial charge in [0.05, 0.1) is 0 Å². The van der Waals surface area contributed by atoms with Crippen LogP contribution >= 0.6 is 11.8 Å². The Labute approximate surface area is 89.9 Å². The first-order chi connectivity index (χ1) is 6.57. The number of carboxylic acid groups (broad SMARTS) is 1. The fourth-order valence-corrected chi connectivity index (χ4v) is 3.07. The van der Waals surface area contributed by atoms with E-state index in [0.29, 0.717) is 17.7 Å². The number of aliphatic carboxylic acids is 1. The van der Waals surface area contributed by atoms with Crippen molar-refractivity contribution in [3.8, 4) is 0 Å². The summed E-state index contributed by atoms with van der Waals surface area (Å²) in [5.41, 5.74) is 0. The van der Waals surface area contributed by atoms with E-state index >= 15 is 0 Å². The molecule has 3 nitrogen and oxygen atoms in total. The summed E-state index contributed by atoms with van der Waals surface area (Å²) in [5, 5.41) is 9.62. The minimum Gasteiger partial charge on any atom is -0.480 e. The molecule has 0 bridgehead atoms. The van der Waals surface area contributed by atoms with E-state index in [1.807, 2.05) is 18.7 Å². The van der Waals surface area contributed by atoms with Gasteiger partial charge in [0.2, 0.25) is 0 Å². The molecule has 82 valence electrons. The summed E-state index contributed by atoms with van der Waals surface area (Å²) in [6, 6.07) is 0.0724. The van der Waals surface area contributed by atoms with Gasteiger partial charge in [-0.2, -0.15) is 11.8 Å². The summed E-state index contributed by atoms with van der Waals surface area (Å²) >= 11 is 1.93. The fraction of sp³-hybridized carbons (Fsp3) is 0.900. The Kier molecular flexibility index (Phi) is 4.26. The van der Waals surface area contributed by atoms with E-state index in [9.17, 15) is 4.79 Å². The maximum Gasteiger partial charge on any atom is 0.320 e. The Morgan fingerprint density at radius 2 is 2.29 bits per heavy atom.